The van der Waals surface area contributed by atoms with Crippen LogP contribution in [0.5, 0.6) is 11.5 Å². The van der Waals surface area contributed by atoms with Gasteiger partial charge in [-0.15, -0.1) is 0 Å². The van der Waals surface area contributed by atoms with Crippen molar-refractivity contribution < 1.29 is 23.8 Å². The number of urea groups is 1. The minimum atomic E-state index is -0.728. The molecule has 0 bridgehead atoms. The molecule has 4 rings (SSSR count). The molecule has 0 radical (unpaired) electrons. The van der Waals surface area contributed by atoms with E-state index in [0.29, 0.717) is 29.4 Å². The highest BCUT2D eigenvalue weighted by Crippen LogP contribution is 2.41. The van der Waals surface area contributed by atoms with E-state index in [1.54, 1.807) is 24.3 Å². The zero-order valence-corrected chi connectivity index (χ0v) is 17.7. The van der Waals surface area contributed by atoms with E-state index in [1.165, 1.54) is 12.1 Å². The standard InChI is InChI=1S/C22H25ClFN3O4/c23-15-1-3-20(18(10-15)26-21(25)29)30-13-17(28)12-27-7-5-22(6-8-27)11-14-9-16(24)2-4-19(14)31-22/h1-4,9-10,17,28H,5-8,11-13H2,(H3,25,26,29)/t17-/m1/s1. The molecule has 9 heteroatoms. The Balaban J connectivity index is 1.27. The van der Waals surface area contributed by atoms with E-state index < -0.39 is 12.1 Å². The van der Waals surface area contributed by atoms with Crippen LogP contribution in [-0.4, -0.2) is 54.0 Å². The molecule has 0 aromatic heterocycles. The summed E-state index contributed by atoms with van der Waals surface area (Å²) < 4.78 is 25.3. The van der Waals surface area contributed by atoms with Gasteiger partial charge in [-0.2, -0.15) is 0 Å². The molecule has 166 valence electrons. The smallest absolute Gasteiger partial charge is 0.316 e. The Morgan fingerprint density at radius 3 is 2.84 bits per heavy atom. The number of rotatable bonds is 6. The van der Waals surface area contributed by atoms with Gasteiger partial charge >= 0.3 is 6.03 Å². The lowest BCUT2D eigenvalue weighted by Gasteiger charge is -2.39. The van der Waals surface area contributed by atoms with Crippen LogP contribution in [0.3, 0.4) is 0 Å². The summed E-state index contributed by atoms with van der Waals surface area (Å²) in [6.07, 6.45) is 1.61. The van der Waals surface area contributed by atoms with Crippen LogP contribution >= 0.6 is 11.6 Å². The number of nitrogens with one attached hydrogen (secondary N) is 1. The third-order valence-corrected chi connectivity index (χ3v) is 5.96. The van der Waals surface area contributed by atoms with Gasteiger partial charge in [0.1, 0.15) is 35.6 Å². The number of nitrogens with two attached hydrogens (primary N) is 1. The van der Waals surface area contributed by atoms with Crippen molar-refractivity contribution in [3.8, 4) is 11.5 Å². The number of likely N-dealkylation sites (tertiary alicyclic amines) is 1. The molecule has 2 aromatic rings. The maximum Gasteiger partial charge on any atom is 0.316 e. The molecule has 2 aromatic carbocycles. The van der Waals surface area contributed by atoms with Crippen LogP contribution in [0.4, 0.5) is 14.9 Å². The van der Waals surface area contributed by atoms with Gasteiger partial charge < -0.3 is 30.5 Å². The Kier molecular flexibility index (Phi) is 6.22. The fraction of sp³-hybridized carbons (Fsp3) is 0.409. The summed E-state index contributed by atoms with van der Waals surface area (Å²) >= 11 is 5.95. The maximum absolute atomic E-state index is 13.5. The van der Waals surface area contributed by atoms with Crippen molar-refractivity contribution in [1.82, 2.24) is 4.90 Å². The van der Waals surface area contributed by atoms with Crippen molar-refractivity contribution in [3.63, 3.8) is 0 Å². The number of ether oxygens (including phenoxy) is 2. The number of fused-ring (bicyclic) bond motifs is 1. The van der Waals surface area contributed by atoms with E-state index in [-0.39, 0.29) is 18.0 Å². The van der Waals surface area contributed by atoms with Crippen molar-refractivity contribution in [2.75, 3.05) is 31.6 Å². The highest BCUT2D eigenvalue weighted by atomic mass is 35.5. The minimum absolute atomic E-state index is 0.0535. The van der Waals surface area contributed by atoms with Crippen LogP contribution in [0.2, 0.25) is 5.02 Å². The van der Waals surface area contributed by atoms with Crippen LogP contribution in [0.1, 0.15) is 18.4 Å². The van der Waals surface area contributed by atoms with Gasteiger partial charge in [0.15, 0.2) is 0 Å². The van der Waals surface area contributed by atoms with E-state index >= 15 is 0 Å². The molecule has 31 heavy (non-hydrogen) atoms. The number of piperidine rings is 1. The fourth-order valence-electron chi connectivity index (χ4n) is 4.22. The summed E-state index contributed by atoms with van der Waals surface area (Å²) in [4.78, 5) is 13.3. The summed E-state index contributed by atoms with van der Waals surface area (Å²) in [5, 5.41) is 13.3. The Morgan fingerprint density at radius 1 is 1.32 bits per heavy atom. The number of amides is 2. The normalized spacial score (nSPS) is 18.3. The average molecular weight is 450 g/mol. The quantitative estimate of drug-likeness (QED) is 0.629. The molecule has 1 spiro atoms. The second-order valence-electron chi connectivity index (χ2n) is 8.11. The topological polar surface area (TPSA) is 97.1 Å². The first-order valence-corrected chi connectivity index (χ1v) is 10.6. The minimum Gasteiger partial charge on any atom is -0.489 e. The number of carbonyl (C=O) groups excluding carboxylic acids is 1. The lowest BCUT2D eigenvalue weighted by atomic mass is 9.87. The first kappa shape index (κ1) is 21.7. The number of β-amino-alcohol motifs (C(OH)–C–C–N with tert-alkyl or cyclic N) is 1. The molecule has 0 unspecified atom stereocenters. The summed E-state index contributed by atoms with van der Waals surface area (Å²) in [5.41, 5.74) is 6.16. The first-order chi connectivity index (χ1) is 14.8. The van der Waals surface area contributed by atoms with Crippen molar-refractivity contribution in [1.29, 1.82) is 0 Å². The largest absolute Gasteiger partial charge is 0.489 e. The first-order valence-electron chi connectivity index (χ1n) is 10.2. The number of hydrogen-bond acceptors (Lipinski definition) is 5. The lowest BCUT2D eigenvalue weighted by molar-refractivity contribution is -0.00191. The van der Waals surface area contributed by atoms with Gasteiger partial charge in [0, 0.05) is 49.5 Å². The van der Waals surface area contributed by atoms with Crippen molar-refractivity contribution in [2.45, 2.75) is 31.0 Å². The number of nitrogens with zero attached hydrogens (tertiary/aromatic N) is 1. The van der Waals surface area contributed by atoms with Gasteiger partial charge in [-0.3, -0.25) is 0 Å². The summed E-state index contributed by atoms with van der Waals surface area (Å²) in [5.74, 6) is 0.908. The Bertz CT molecular complexity index is 966. The van der Waals surface area contributed by atoms with Crippen LogP contribution < -0.4 is 20.5 Å². The molecule has 1 saturated heterocycles. The van der Waals surface area contributed by atoms with E-state index in [9.17, 15) is 14.3 Å². The fourth-order valence-corrected chi connectivity index (χ4v) is 4.39. The van der Waals surface area contributed by atoms with E-state index in [2.05, 4.69) is 10.2 Å². The molecule has 0 aliphatic carbocycles. The summed E-state index contributed by atoms with van der Waals surface area (Å²) in [6, 6.07) is 8.72. The predicted octanol–water partition coefficient (Wildman–Crippen LogP) is 3.18. The third-order valence-electron chi connectivity index (χ3n) is 5.73. The zero-order chi connectivity index (χ0) is 22.0. The second kappa shape index (κ2) is 8.90. The number of anilines is 1. The molecule has 2 aliphatic rings. The SMILES string of the molecule is NC(=O)Nc1cc(Cl)ccc1OC[C@H](O)CN1CCC2(CC1)Cc1cc(F)ccc1O2. The van der Waals surface area contributed by atoms with E-state index in [1.807, 2.05) is 0 Å². The molecular formula is C22H25ClFN3O4. The predicted molar refractivity (Wildman–Crippen MR) is 115 cm³/mol. The number of aliphatic hydroxyl groups is 1. The third kappa shape index (κ3) is 5.20. The summed E-state index contributed by atoms with van der Waals surface area (Å²) in [6.45, 7) is 2.04. The van der Waals surface area contributed by atoms with Gasteiger partial charge in [0.25, 0.3) is 0 Å². The lowest BCUT2D eigenvalue weighted by Crippen LogP contribution is -2.49. The molecule has 2 aliphatic heterocycles. The molecular weight excluding hydrogens is 425 g/mol. The van der Waals surface area contributed by atoms with Gasteiger partial charge in [-0.05, 0) is 36.4 Å². The Morgan fingerprint density at radius 2 is 2.10 bits per heavy atom. The molecule has 7 nitrogen and oxygen atoms in total. The van der Waals surface area contributed by atoms with Gasteiger partial charge in [-0.25, -0.2) is 9.18 Å². The van der Waals surface area contributed by atoms with Crippen LogP contribution in [0.25, 0.3) is 0 Å². The van der Waals surface area contributed by atoms with Crippen molar-refractivity contribution in [3.05, 3.63) is 52.8 Å². The molecule has 2 heterocycles. The van der Waals surface area contributed by atoms with E-state index in [4.69, 9.17) is 26.8 Å². The maximum atomic E-state index is 13.5. The molecule has 1 fully saturated rings. The summed E-state index contributed by atoms with van der Waals surface area (Å²) in [7, 11) is 0. The number of primary amides is 1. The molecule has 0 saturated carbocycles. The van der Waals surface area contributed by atoms with E-state index in [0.717, 1.165) is 37.2 Å². The Labute approximate surface area is 184 Å². The van der Waals surface area contributed by atoms with Gasteiger partial charge in [0.05, 0.1) is 5.69 Å². The average Bonchev–Trinajstić information content (AvgIpc) is 3.06. The zero-order valence-electron chi connectivity index (χ0n) is 16.9. The van der Waals surface area contributed by atoms with Gasteiger partial charge in [0.2, 0.25) is 0 Å². The van der Waals surface area contributed by atoms with Crippen LogP contribution in [-0.2, 0) is 6.42 Å². The number of aliphatic hydroxyl groups excluding tert-OH is 1. The number of carbonyl (C=O) groups is 1. The molecule has 1 atom stereocenters. The van der Waals surface area contributed by atoms with Crippen molar-refractivity contribution >= 4 is 23.3 Å². The highest BCUT2D eigenvalue weighted by molar-refractivity contribution is 6.31. The number of benzene rings is 2. The van der Waals surface area contributed by atoms with Crippen LogP contribution in [0, 0.1) is 5.82 Å². The number of halogens is 2. The Hall–Kier alpha value is -2.55. The highest BCUT2D eigenvalue weighted by Gasteiger charge is 2.42. The molecule has 2 amide bonds. The monoisotopic (exact) mass is 449 g/mol. The van der Waals surface area contributed by atoms with Crippen molar-refractivity contribution in [2.24, 2.45) is 5.73 Å². The second-order valence-corrected chi connectivity index (χ2v) is 8.55. The number of hydrogen-bond donors (Lipinski definition) is 3. The molecule has 4 N–H and O–H groups in total. The van der Waals surface area contributed by atoms with Gasteiger partial charge in [-0.1, -0.05) is 11.6 Å². The van der Waals surface area contributed by atoms with Crippen LogP contribution in [0.15, 0.2) is 36.4 Å².